The lowest BCUT2D eigenvalue weighted by Crippen LogP contribution is -2.20. The number of halogens is 1. The van der Waals surface area contributed by atoms with Crippen LogP contribution in [0, 0.1) is 11.3 Å². The van der Waals surface area contributed by atoms with E-state index in [2.05, 4.69) is 16.1 Å². The van der Waals surface area contributed by atoms with Crippen molar-refractivity contribution in [1.29, 1.82) is 5.26 Å². The SMILES string of the molecule is N#CCc1ccc(OCC(=O)Nc2cccc(S(=O)(=O)Nc3ccc(Cl)cc3)c2)cc1. The number of nitrogens with one attached hydrogen (secondary N) is 2. The quantitative estimate of drug-likeness (QED) is 0.528. The summed E-state index contributed by atoms with van der Waals surface area (Å²) in [5, 5.41) is 11.8. The topological polar surface area (TPSA) is 108 Å². The number of sulfonamides is 1. The van der Waals surface area contributed by atoms with Crippen LogP contribution in [0.5, 0.6) is 5.75 Å². The molecule has 31 heavy (non-hydrogen) atoms. The van der Waals surface area contributed by atoms with Crippen LogP contribution in [0.2, 0.25) is 5.02 Å². The van der Waals surface area contributed by atoms with Gasteiger partial charge >= 0.3 is 0 Å². The maximum atomic E-state index is 12.6. The minimum absolute atomic E-state index is 0.00532. The minimum Gasteiger partial charge on any atom is -0.484 e. The minimum atomic E-state index is -3.85. The van der Waals surface area contributed by atoms with E-state index in [0.29, 0.717) is 28.6 Å². The first-order valence-electron chi connectivity index (χ1n) is 9.13. The second kappa shape index (κ2) is 9.98. The summed E-state index contributed by atoms with van der Waals surface area (Å²) in [7, 11) is -3.85. The molecule has 0 atom stereocenters. The Morgan fingerprint density at radius 1 is 1.00 bits per heavy atom. The van der Waals surface area contributed by atoms with Gasteiger partial charge in [-0.2, -0.15) is 5.26 Å². The fourth-order valence-corrected chi connectivity index (χ4v) is 3.84. The van der Waals surface area contributed by atoms with Gasteiger partial charge in [0.05, 0.1) is 17.4 Å². The first-order chi connectivity index (χ1) is 14.9. The van der Waals surface area contributed by atoms with E-state index in [0.717, 1.165) is 5.56 Å². The second-order valence-corrected chi connectivity index (χ2v) is 8.57. The van der Waals surface area contributed by atoms with Gasteiger partial charge in [0.1, 0.15) is 5.75 Å². The molecule has 158 valence electrons. The van der Waals surface area contributed by atoms with Crippen molar-refractivity contribution in [1.82, 2.24) is 0 Å². The summed E-state index contributed by atoms with van der Waals surface area (Å²) < 4.78 is 33.1. The van der Waals surface area contributed by atoms with Crippen LogP contribution in [0.15, 0.2) is 77.7 Å². The first-order valence-corrected chi connectivity index (χ1v) is 11.0. The summed E-state index contributed by atoms with van der Waals surface area (Å²) in [5.41, 5.74) is 1.54. The number of anilines is 2. The Hall–Kier alpha value is -3.54. The highest BCUT2D eigenvalue weighted by molar-refractivity contribution is 7.92. The highest BCUT2D eigenvalue weighted by Gasteiger charge is 2.15. The van der Waals surface area contributed by atoms with Gasteiger partial charge in [-0.3, -0.25) is 9.52 Å². The molecule has 7 nitrogen and oxygen atoms in total. The van der Waals surface area contributed by atoms with Crippen LogP contribution in [0.25, 0.3) is 0 Å². The Bertz CT molecular complexity index is 1200. The molecule has 0 aliphatic heterocycles. The largest absolute Gasteiger partial charge is 0.484 e. The Morgan fingerprint density at radius 2 is 1.71 bits per heavy atom. The van der Waals surface area contributed by atoms with Gasteiger partial charge in [-0.15, -0.1) is 0 Å². The van der Waals surface area contributed by atoms with E-state index >= 15 is 0 Å². The number of rotatable bonds is 8. The first kappa shape index (κ1) is 22.2. The van der Waals surface area contributed by atoms with Gasteiger partial charge < -0.3 is 10.1 Å². The molecule has 1 amide bonds. The van der Waals surface area contributed by atoms with Crippen LogP contribution in [0.4, 0.5) is 11.4 Å². The zero-order valence-corrected chi connectivity index (χ0v) is 17.8. The number of carbonyl (C=O) groups is 1. The average Bonchev–Trinajstić information content (AvgIpc) is 2.75. The number of hydrogen-bond donors (Lipinski definition) is 2. The monoisotopic (exact) mass is 455 g/mol. The van der Waals surface area contributed by atoms with Crippen LogP contribution in [-0.4, -0.2) is 20.9 Å². The summed E-state index contributed by atoms with van der Waals surface area (Å²) >= 11 is 5.81. The van der Waals surface area contributed by atoms with E-state index in [-0.39, 0.29) is 11.5 Å². The van der Waals surface area contributed by atoms with Crippen LogP contribution < -0.4 is 14.8 Å². The summed E-state index contributed by atoms with van der Waals surface area (Å²) in [6, 6.07) is 21.0. The van der Waals surface area contributed by atoms with Crippen molar-refractivity contribution in [3.05, 3.63) is 83.4 Å². The maximum absolute atomic E-state index is 12.6. The highest BCUT2D eigenvalue weighted by atomic mass is 35.5. The third-order valence-electron chi connectivity index (χ3n) is 4.10. The third-order valence-corrected chi connectivity index (χ3v) is 5.73. The van der Waals surface area contributed by atoms with Crippen molar-refractivity contribution in [2.75, 3.05) is 16.6 Å². The normalized spacial score (nSPS) is 10.7. The average molecular weight is 456 g/mol. The van der Waals surface area contributed by atoms with Gasteiger partial charge in [0.15, 0.2) is 6.61 Å². The van der Waals surface area contributed by atoms with Crippen molar-refractivity contribution in [3.8, 4) is 11.8 Å². The number of benzene rings is 3. The van der Waals surface area contributed by atoms with Gasteiger partial charge in [-0.1, -0.05) is 29.8 Å². The van der Waals surface area contributed by atoms with E-state index in [1.807, 2.05) is 0 Å². The summed E-state index contributed by atoms with van der Waals surface area (Å²) in [6.07, 6.45) is 0.299. The maximum Gasteiger partial charge on any atom is 0.262 e. The zero-order chi connectivity index (χ0) is 22.3. The number of ether oxygens (including phenoxy) is 1. The van der Waals surface area contributed by atoms with Gasteiger partial charge in [-0.25, -0.2) is 8.42 Å². The lowest BCUT2D eigenvalue weighted by Gasteiger charge is -2.11. The molecular formula is C22H18ClN3O4S. The molecule has 0 aliphatic rings. The predicted molar refractivity (Wildman–Crippen MR) is 119 cm³/mol. The van der Waals surface area contributed by atoms with Gasteiger partial charge in [0, 0.05) is 16.4 Å². The number of carbonyl (C=O) groups excluding carboxylic acids is 1. The molecule has 0 heterocycles. The van der Waals surface area contributed by atoms with E-state index in [1.54, 1.807) is 54.6 Å². The Balaban J connectivity index is 1.61. The van der Waals surface area contributed by atoms with E-state index in [9.17, 15) is 13.2 Å². The van der Waals surface area contributed by atoms with Crippen LogP contribution in [0.1, 0.15) is 5.56 Å². The van der Waals surface area contributed by atoms with Gasteiger partial charge in [-0.05, 0) is 60.2 Å². The Labute approximate surface area is 185 Å². The summed E-state index contributed by atoms with van der Waals surface area (Å²) in [5.74, 6) is 0.0432. The molecule has 0 spiro atoms. The molecule has 3 rings (SSSR count). The molecule has 9 heteroatoms. The standard InChI is InChI=1S/C22H18ClN3O4S/c23-17-6-8-18(9-7-17)26-31(28,29)21-3-1-2-19(14-21)25-22(27)15-30-20-10-4-16(5-11-20)12-13-24/h1-11,14,26H,12,15H2,(H,25,27). The van der Waals surface area contributed by atoms with E-state index in [4.69, 9.17) is 21.6 Å². The van der Waals surface area contributed by atoms with Gasteiger partial charge in [0.2, 0.25) is 0 Å². The predicted octanol–water partition coefficient (Wildman–Crippen LogP) is 4.22. The van der Waals surface area contributed by atoms with Crippen LogP contribution in [0.3, 0.4) is 0 Å². The lowest BCUT2D eigenvalue weighted by molar-refractivity contribution is -0.118. The number of amides is 1. The summed E-state index contributed by atoms with van der Waals surface area (Å²) in [4.78, 5) is 12.2. The molecule has 0 aromatic heterocycles. The zero-order valence-electron chi connectivity index (χ0n) is 16.2. The lowest BCUT2D eigenvalue weighted by atomic mass is 10.2. The molecule has 0 bridgehead atoms. The Kier molecular flexibility index (Phi) is 7.13. The molecular weight excluding hydrogens is 438 g/mol. The molecule has 0 fully saturated rings. The molecule has 3 aromatic rings. The second-order valence-electron chi connectivity index (χ2n) is 6.46. The van der Waals surface area contributed by atoms with E-state index < -0.39 is 15.9 Å². The highest BCUT2D eigenvalue weighted by Crippen LogP contribution is 2.21. The molecule has 0 aliphatic carbocycles. The Morgan fingerprint density at radius 3 is 2.39 bits per heavy atom. The number of nitrogens with zero attached hydrogens (tertiary/aromatic N) is 1. The van der Waals surface area contributed by atoms with E-state index in [1.165, 1.54) is 18.2 Å². The molecule has 3 aromatic carbocycles. The van der Waals surface area contributed by atoms with Crippen LogP contribution >= 0.6 is 11.6 Å². The summed E-state index contributed by atoms with van der Waals surface area (Å²) in [6.45, 7) is -0.252. The van der Waals surface area contributed by atoms with Crippen molar-refractivity contribution in [2.45, 2.75) is 11.3 Å². The van der Waals surface area contributed by atoms with Crippen molar-refractivity contribution >= 4 is 38.9 Å². The fraction of sp³-hybridized carbons (Fsp3) is 0.0909. The number of nitriles is 1. The fourth-order valence-electron chi connectivity index (χ4n) is 2.61. The van der Waals surface area contributed by atoms with Crippen LogP contribution in [-0.2, 0) is 21.2 Å². The smallest absolute Gasteiger partial charge is 0.262 e. The van der Waals surface area contributed by atoms with Crippen molar-refractivity contribution < 1.29 is 17.9 Å². The molecule has 0 saturated carbocycles. The molecule has 0 radical (unpaired) electrons. The molecule has 0 unspecified atom stereocenters. The van der Waals surface area contributed by atoms with Crippen molar-refractivity contribution in [2.24, 2.45) is 0 Å². The van der Waals surface area contributed by atoms with Gasteiger partial charge in [0.25, 0.3) is 15.9 Å². The van der Waals surface area contributed by atoms with Crippen molar-refractivity contribution in [3.63, 3.8) is 0 Å². The molecule has 0 saturated heterocycles. The molecule has 2 N–H and O–H groups in total. The number of hydrogen-bond acceptors (Lipinski definition) is 5. The third kappa shape index (κ3) is 6.47.